The summed E-state index contributed by atoms with van der Waals surface area (Å²) in [5, 5.41) is 6.92. The van der Waals surface area contributed by atoms with E-state index in [1.165, 1.54) is 0 Å². The zero-order chi connectivity index (χ0) is 16.8. The Morgan fingerprint density at radius 2 is 0.955 bits per heavy atom. The number of hydrogen-bond acceptors (Lipinski definition) is 6. The Bertz CT molecular complexity index is 221. The quantitative estimate of drug-likeness (QED) is 0.335. The van der Waals surface area contributed by atoms with Gasteiger partial charge in [0.05, 0.1) is 0 Å². The second-order valence-corrected chi connectivity index (χ2v) is 11.3. The molecular formula is C14H36N2O4Si2. The highest BCUT2D eigenvalue weighted by Gasteiger charge is 2.19. The Morgan fingerprint density at radius 1 is 0.636 bits per heavy atom. The topological polar surface area (TPSA) is 61.0 Å². The van der Waals surface area contributed by atoms with Crippen LogP contribution in [0.3, 0.4) is 0 Å². The average Bonchev–Trinajstić information content (AvgIpc) is 2.52. The number of hydrogen-bond donors (Lipinski definition) is 2. The summed E-state index contributed by atoms with van der Waals surface area (Å²) >= 11 is 0. The van der Waals surface area contributed by atoms with Gasteiger partial charge in [0.25, 0.3) is 0 Å². The lowest BCUT2D eigenvalue weighted by molar-refractivity contribution is 0.264. The van der Waals surface area contributed by atoms with E-state index >= 15 is 0 Å². The molecule has 0 aliphatic rings. The summed E-state index contributed by atoms with van der Waals surface area (Å²) in [6, 6.07) is 0. The molecule has 0 bridgehead atoms. The van der Waals surface area contributed by atoms with E-state index in [9.17, 15) is 0 Å². The average molecular weight is 353 g/mol. The van der Waals surface area contributed by atoms with E-state index in [2.05, 4.69) is 24.5 Å². The lowest BCUT2D eigenvalue weighted by Crippen LogP contribution is -2.32. The van der Waals surface area contributed by atoms with Crippen LogP contribution in [-0.2, 0) is 17.7 Å². The van der Waals surface area contributed by atoms with Gasteiger partial charge in [0.15, 0.2) is 0 Å². The first-order valence-electron chi connectivity index (χ1n) is 8.13. The van der Waals surface area contributed by atoms with Crippen LogP contribution in [0, 0.1) is 0 Å². The second-order valence-electron chi connectivity index (χ2n) is 5.71. The van der Waals surface area contributed by atoms with Crippen LogP contribution in [0.5, 0.6) is 0 Å². The van der Waals surface area contributed by atoms with Crippen LogP contribution in [0.1, 0.15) is 26.7 Å². The molecule has 22 heavy (non-hydrogen) atoms. The summed E-state index contributed by atoms with van der Waals surface area (Å²) in [5.41, 5.74) is 1.06. The summed E-state index contributed by atoms with van der Waals surface area (Å²) in [7, 11) is 4.06. The molecule has 0 radical (unpaired) electrons. The molecule has 0 aliphatic carbocycles. The van der Waals surface area contributed by atoms with E-state index in [1.807, 2.05) is 0 Å². The monoisotopic (exact) mass is 352 g/mol. The minimum atomic E-state index is -1.46. The summed E-state index contributed by atoms with van der Waals surface area (Å²) in [5.74, 6) is 0. The van der Waals surface area contributed by atoms with E-state index in [0.717, 1.165) is 39.0 Å². The van der Waals surface area contributed by atoms with Gasteiger partial charge in [-0.3, -0.25) is 0 Å². The summed E-state index contributed by atoms with van der Waals surface area (Å²) in [6.07, 6.45) is 2.20. The molecule has 0 fully saturated rings. The van der Waals surface area contributed by atoms with Crippen LogP contribution in [-0.4, -0.2) is 73.2 Å². The minimum Gasteiger partial charge on any atom is -0.400 e. The van der Waals surface area contributed by atoms with Gasteiger partial charge >= 0.3 is 18.6 Å². The highest BCUT2D eigenvalue weighted by Crippen LogP contribution is 2.14. The van der Waals surface area contributed by atoms with Crippen molar-refractivity contribution in [2.45, 2.75) is 37.8 Å². The molecule has 0 spiro atoms. The molecule has 0 aromatic heterocycles. The van der Waals surface area contributed by atoms with Crippen LogP contribution in [0.2, 0.25) is 11.1 Å². The van der Waals surface area contributed by atoms with Crippen molar-refractivity contribution in [2.24, 2.45) is 0 Å². The Morgan fingerprint density at radius 3 is 1.23 bits per heavy atom. The molecule has 0 aromatic carbocycles. The van der Waals surface area contributed by atoms with Crippen LogP contribution < -0.4 is 10.6 Å². The second kappa shape index (κ2) is 14.8. The fourth-order valence-corrected chi connectivity index (χ4v) is 5.60. The van der Waals surface area contributed by atoms with Gasteiger partial charge in [-0.2, -0.15) is 0 Å². The van der Waals surface area contributed by atoms with Gasteiger partial charge in [-0.05, 0) is 37.0 Å². The van der Waals surface area contributed by atoms with E-state index in [4.69, 9.17) is 17.7 Å². The van der Waals surface area contributed by atoms with Gasteiger partial charge in [-0.25, -0.2) is 0 Å². The standard InChI is InChI=1S/C14H36N2O4Si2/c1-13(21(17-3)18-4)7-9-15-11-12-16-10-8-14(2)22(19-5)20-6/h13-16,21-22H,7-12H2,1-6H3. The minimum absolute atomic E-state index is 0.529. The normalized spacial score (nSPS) is 14.7. The first-order valence-corrected chi connectivity index (χ1v) is 11.3. The predicted molar refractivity (Wildman–Crippen MR) is 96.2 cm³/mol. The molecule has 2 unspecified atom stereocenters. The maximum atomic E-state index is 5.39. The summed E-state index contributed by atoms with van der Waals surface area (Å²) in [4.78, 5) is 0. The summed E-state index contributed by atoms with van der Waals surface area (Å²) < 4.78 is 21.6. The molecule has 0 rings (SSSR count). The largest absolute Gasteiger partial charge is 0.400 e. The van der Waals surface area contributed by atoms with Crippen molar-refractivity contribution >= 4 is 18.6 Å². The van der Waals surface area contributed by atoms with Crippen LogP contribution in [0.25, 0.3) is 0 Å². The molecule has 134 valence electrons. The molecule has 0 heterocycles. The maximum absolute atomic E-state index is 5.39. The molecule has 0 saturated heterocycles. The summed E-state index contributed by atoms with van der Waals surface area (Å²) in [6.45, 7) is 8.41. The Kier molecular flexibility index (Phi) is 14.9. The Hall–Kier alpha value is 0.194. The highest BCUT2D eigenvalue weighted by atomic mass is 28.3. The van der Waals surface area contributed by atoms with Gasteiger partial charge in [-0.15, -0.1) is 0 Å². The smallest absolute Gasteiger partial charge is 0.323 e. The first-order chi connectivity index (χ1) is 10.6. The zero-order valence-corrected chi connectivity index (χ0v) is 17.5. The molecule has 2 atom stereocenters. The molecule has 6 nitrogen and oxygen atoms in total. The van der Waals surface area contributed by atoms with Gasteiger partial charge in [0, 0.05) is 41.5 Å². The van der Waals surface area contributed by atoms with Crippen molar-refractivity contribution < 1.29 is 17.7 Å². The number of rotatable bonds is 15. The molecule has 2 N–H and O–H groups in total. The molecular weight excluding hydrogens is 316 g/mol. The van der Waals surface area contributed by atoms with Gasteiger partial charge < -0.3 is 28.3 Å². The van der Waals surface area contributed by atoms with Crippen LogP contribution in [0.15, 0.2) is 0 Å². The first kappa shape index (κ1) is 22.2. The molecule has 0 aromatic rings. The third-order valence-electron chi connectivity index (χ3n) is 3.89. The Labute approximate surface area is 139 Å². The van der Waals surface area contributed by atoms with Gasteiger partial charge in [0.1, 0.15) is 0 Å². The van der Waals surface area contributed by atoms with Crippen molar-refractivity contribution in [1.82, 2.24) is 10.6 Å². The maximum Gasteiger partial charge on any atom is 0.323 e. The third kappa shape index (κ3) is 10.1. The third-order valence-corrected chi connectivity index (χ3v) is 8.27. The van der Waals surface area contributed by atoms with Crippen molar-refractivity contribution in [1.29, 1.82) is 0 Å². The predicted octanol–water partition coefficient (Wildman–Crippen LogP) is 0.753. The fourth-order valence-electron chi connectivity index (χ4n) is 2.48. The zero-order valence-electron chi connectivity index (χ0n) is 15.2. The highest BCUT2D eigenvalue weighted by molar-refractivity contribution is 6.46. The van der Waals surface area contributed by atoms with Crippen molar-refractivity contribution in [2.75, 3.05) is 54.6 Å². The van der Waals surface area contributed by atoms with E-state index in [1.54, 1.807) is 28.4 Å². The van der Waals surface area contributed by atoms with E-state index < -0.39 is 18.6 Å². The number of nitrogens with one attached hydrogen (secondary N) is 2. The van der Waals surface area contributed by atoms with Gasteiger partial charge in [0.2, 0.25) is 0 Å². The van der Waals surface area contributed by atoms with Crippen molar-refractivity contribution in [3.8, 4) is 0 Å². The SMILES string of the molecule is CO[SiH](OC)C(C)CCNCCNCCC(C)[SiH](OC)OC. The van der Waals surface area contributed by atoms with Crippen LogP contribution in [0.4, 0.5) is 0 Å². The molecule has 0 aliphatic heterocycles. The lowest BCUT2D eigenvalue weighted by Gasteiger charge is -2.19. The van der Waals surface area contributed by atoms with E-state index in [-0.39, 0.29) is 0 Å². The lowest BCUT2D eigenvalue weighted by atomic mass is 10.3. The molecule has 8 heteroatoms. The molecule has 0 amide bonds. The van der Waals surface area contributed by atoms with Crippen molar-refractivity contribution in [3.05, 3.63) is 0 Å². The van der Waals surface area contributed by atoms with E-state index in [0.29, 0.717) is 11.1 Å². The molecule has 0 saturated carbocycles. The van der Waals surface area contributed by atoms with Crippen LogP contribution >= 0.6 is 0 Å². The fraction of sp³-hybridized carbons (Fsp3) is 1.00. The van der Waals surface area contributed by atoms with Crippen molar-refractivity contribution in [3.63, 3.8) is 0 Å². The Balaban J connectivity index is 3.47. The van der Waals surface area contributed by atoms with Gasteiger partial charge in [-0.1, -0.05) is 13.8 Å².